The Labute approximate surface area is 115 Å². The number of nitrogens with zero attached hydrogens (tertiary/aromatic N) is 1. The lowest BCUT2D eigenvalue weighted by atomic mass is 10.1. The van der Waals surface area contributed by atoms with Crippen molar-refractivity contribution in [1.29, 1.82) is 0 Å². The average molecular weight is 284 g/mol. The van der Waals surface area contributed by atoms with Gasteiger partial charge in [0.25, 0.3) is 5.56 Å². The summed E-state index contributed by atoms with van der Waals surface area (Å²) in [6.07, 6.45) is 0.0486. The van der Waals surface area contributed by atoms with Crippen molar-refractivity contribution in [3.05, 3.63) is 32.6 Å². The average Bonchev–Trinajstić information content (AvgIpc) is 2.73. The minimum atomic E-state index is -0.822. The molecule has 0 radical (unpaired) electrons. The molecule has 0 aliphatic carbocycles. The molecule has 20 heavy (non-hydrogen) atoms. The molecule has 0 bridgehead atoms. The van der Waals surface area contributed by atoms with Gasteiger partial charge in [-0.25, -0.2) is 4.79 Å². The van der Waals surface area contributed by atoms with Gasteiger partial charge in [0.05, 0.1) is 12.7 Å². The van der Waals surface area contributed by atoms with Crippen LogP contribution in [0.15, 0.2) is 15.8 Å². The highest BCUT2D eigenvalue weighted by molar-refractivity contribution is 5.06. The van der Waals surface area contributed by atoms with Gasteiger partial charge < -0.3 is 14.9 Å². The Balaban J connectivity index is 2.33. The van der Waals surface area contributed by atoms with Crippen LogP contribution in [0.3, 0.4) is 0 Å². The Morgan fingerprint density at radius 2 is 2.20 bits per heavy atom. The molecule has 1 aromatic rings. The van der Waals surface area contributed by atoms with Crippen LogP contribution in [0.4, 0.5) is 0 Å². The van der Waals surface area contributed by atoms with Gasteiger partial charge in [-0.05, 0) is 12.3 Å². The molecule has 112 valence electrons. The number of aliphatic hydroxyl groups excluding tert-OH is 2. The first-order valence-electron chi connectivity index (χ1n) is 6.71. The molecular formula is C13H20N2O5. The standard InChI is InChI=1S/C13H20N2O5/c1-7(2)3-8-5-15(13(19)14-12(8)18)11-4-9(17)10(6-16)20-11/h5,7,9-11,16-17H,3-4,6H2,1-2H3,(H,14,18,19)/t9-,10+,11+/m0/s1. The van der Waals surface area contributed by atoms with E-state index in [1.54, 1.807) is 0 Å². The Hall–Kier alpha value is -1.44. The molecule has 1 aromatic heterocycles. The number of H-pyrrole nitrogens is 1. The van der Waals surface area contributed by atoms with Crippen molar-refractivity contribution in [2.24, 2.45) is 5.92 Å². The fraction of sp³-hybridized carbons (Fsp3) is 0.692. The molecule has 2 rings (SSSR count). The van der Waals surface area contributed by atoms with Crippen molar-refractivity contribution in [3.63, 3.8) is 0 Å². The van der Waals surface area contributed by atoms with Crippen LogP contribution in [0.5, 0.6) is 0 Å². The van der Waals surface area contributed by atoms with Crippen LogP contribution < -0.4 is 11.2 Å². The molecule has 3 N–H and O–H groups in total. The topological polar surface area (TPSA) is 105 Å². The Kier molecular flexibility index (Phi) is 4.42. The summed E-state index contributed by atoms with van der Waals surface area (Å²) in [5.74, 6) is 0.280. The zero-order chi connectivity index (χ0) is 14.9. The van der Waals surface area contributed by atoms with E-state index in [1.165, 1.54) is 10.8 Å². The highest BCUT2D eigenvalue weighted by Crippen LogP contribution is 2.27. The van der Waals surface area contributed by atoms with E-state index in [4.69, 9.17) is 9.84 Å². The summed E-state index contributed by atoms with van der Waals surface area (Å²) in [5, 5.41) is 18.8. The van der Waals surface area contributed by atoms with E-state index >= 15 is 0 Å². The van der Waals surface area contributed by atoms with Crippen LogP contribution in [0.25, 0.3) is 0 Å². The Morgan fingerprint density at radius 1 is 1.50 bits per heavy atom. The van der Waals surface area contributed by atoms with Crippen molar-refractivity contribution in [3.8, 4) is 0 Å². The SMILES string of the molecule is CC(C)Cc1cn([C@H]2C[C@H](O)[C@@H](CO)O2)c(=O)[nH]c1=O. The highest BCUT2D eigenvalue weighted by Gasteiger charge is 2.35. The molecule has 0 spiro atoms. The van der Waals surface area contributed by atoms with Gasteiger partial charge >= 0.3 is 5.69 Å². The van der Waals surface area contributed by atoms with Gasteiger partial charge in [0.15, 0.2) is 0 Å². The van der Waals surface area contributed by atoms with Crippen molar-refractivity contribution >= 4 is 0 Å². The molecule has 1 aliphatic rings. The number of hydrogen-bond donors (Lipinski definition) is 3. The summed E-state index contributed by atoms with van der Waals surface area (Å²) in [4.78, 5) is 25.8. The van der Waals surface area contributed by atoms with E-state index < -0.39 is 29.7 Å². The maximum Gasteiger partial charge on any atom is 0.330 e. The maximum atomic E-state index is 11.8. The maximum absolute atomic E-state index is 11.8. The first kappa shape index (κ1) is 15.0. The molecule has 1 fully saturated rings. The quantitative estimate of drug-likeness (QED) is 0.683. The molecule has 0 aromatic carbocycles. The van der Waals surface area contributed by atoms with Crippen LogP contribution in [-0.4, -0.2) is 38.6 Å². The lowest BCUT2D eigenvalue weighted by Crippen LogP contribution is -2.34. The summed E-state index contributed by atoms with van der Waals surface area (Å²) in [7, 11) is 0. The normalized spacial score (nSPS) is 26.4. The van der Waals surface area contributed by atoms with Gasteiger partial charge in [-0.2, -0.15) is 0 Å². The molecule has 0 saturated carbocycles. The van der Waals surface area contributed by atoms with Gasteiger partial charge in [0.1, 0.15) is 12.3 Å². The second-order valence-corrected chi connectivity index (χ2v) is 5.53. The monoisotopic (exact) mass is 284 g/mol. The number of rotatable bonds is 4. The van der Waals surface area contributed by atoms with Crippen molar-refractivity contribution in [1.82, 2.24) is 9.55 Å². The molecule has 2 heterocycles. The van der Waals surface area contributed by atoms with Gasteiger partial charge in [-0.3, -0.25) is 14.3 Å². The Bertz CT molecular complexity index is 577. The van der Waals surface area contributed by atoms with E-state index in [1.807, 2.05) is 13.8 Å². The number of aromatic nitrogens is 2. The largest absolute Gasteiger partial charge is 0.394 e. The zero-order valence-corrected chi connectivity index (χ0v) is 11.6. The molecule has 0 amide bonds. The van der Waals surface area contributed by atoms with Gasteiger partial charge in [-0.15, -0.1) is 0 Å². The molecule has 1 saturated heterocycles. The zero-order valence-electron chi connectivity index (χ0n) is 11.6. The first-order chi connectivity index (χ1) is 9.42. The summed E-state index contributed by atoms with van der Waals surface area (Å²) >= 11 is 0. The smallest absolute Gasteiger partial charge is 0.330 e. The summed E-state index contributed by atoms with van der Waals surface area (Å²) in [6, 6.07) is 0. The number of hydrogen-bond acceptors (Lipinski definition) is 5. The number of aromatic amines is 1. The summed E-state index contributed by atoms with van der Waals surface area (Å²) in [6.45, 7) is 3.65. The van der Waals surface area contributed by atoms with Crippen molar-refractivity contribution < 1.29 is 14.9 Å². The molecule has 0 unspecified atom stereocenters. The van der Waals surface area contributed by atoms with Crippen molar-refractivity contribution in [2.75, 3.05) is 6.61 Å². The fourth-order valence-electron chi connectivity index (χ4n) is 2.38. The minimum absolute atomic E-state index is 0.207. The van der Waals surface area contributed by atoms with Crippen LogP contribution >= 0.6 is 0 Å². The van der Waals surface area contributed by atoms with Crippen LogP contribution in [0.1, 0.15) is 32.1 Å². The highest BCUT2D eigenvalue weighted by atomic mass is 16.5. The van der Waals surface area contributed by atoms with Crippen LogP contribution in [-0.2, 0) is 11.2 Å². The third kappa shape index (κ3) is 3.00. The number of ether oxygens (including phenoxy) is 1. The van der Waals surface area contributed by atoms with Crippen LogP contribution in [0.2, 0.25) is 0 Å². The van der Waals surface area contributed by atoms with E-state index in [0.717, 1.165) is 0 Å². The van der Waals surface area contributed by atoms with E-state index in [0.29, 0.717) is 12.0 Å². The molecular weight excluding hydrogens is 264 g/mol. The van der Waals surface area contributed by atoms with E-state index in [-0.39, 0.29) is 18.9 Å². The lowest BCUT2D eigenvalue weighted by molar-refractivity contribution is -0.0460. The van der Waals surface area contributed by atoms with Crippen molar-refractivity contribution in [2.45, 2.75) is 45.1 Å². The minimum Gasteiger partial charge on any atom is -0.394 e. The number of nitrogens with one attached hydrogen (secondary N) is 1. The molecule has 7 nitrogen and oxygen atoms in total. The predicted molar refractivity (Wildman–Crippen MR) is 71.5 cm³/mol. The number of aliphatic hydroxyl groups is 2. The third-order valence-electron chi connectivity index (χ3n) is 3.36. The second kappa shape index (κ2) is 5.90. The fourth-order valence-corrected chi connectivity index (χ4v) is 2.38. The van der Waals surface area contributed by atoms with Gasteiger partial charge in [0, 0.05) is 18.2 Å². The van der Waals surface area contributed by atoms with Gasteiger partial charge in [-0.1, -0.05) is 13.8 Å². The first-order valence-corrected chi connectivity index (χ1v) is 6.71. The molecule has 7 heteroatoms. The molecule has 3 atom stereocenters. The molecule has 1 aliphatic heterocycles. The second-order valence-electron chi connectivity index (χ2n) is 5.53. The summed E-state index contributed by atoms with van der Waals surface area (Å²) < 4.78 is 6.71. The lowest BCUT2D eigenvalue weighted by Gasteiger charge is -2.15. The van der Waals surface area contributed by atoms with E-state index in [9.17, 15) is 14.7 Å². The van der Waals surface area contributed by atoms with E-state index in [2.05, 4.69) is 4.98 Å². The van der Waals surface area contributed by atoms with Crippen LogP contribution in [0, 0.1) is 5.92 Å². The third-order valence-corrected chi connectivity index (χ3v) is 3.36. The summed E-state index contributed by atoms with van der Waals surface area (Å²) in [5.41, 5.74) is -0.458. The predicted octanol–water partition coefficient (Wildman–Crippen LogP) is -0.624. The van der Waals surface area contributed by atoms with Gasteiger partial charge in [0.2, 0.25) is 0 Å². The Morgan fingerprint density at radius 3 is 2.75 bits per heavy atom.